The average molecular weight is 244 g/mol. The monoisotopic (exact) mass is 244 g/mol. The average Bonchev–Trinajstić information content (AvgIpc) is 2.11. The molecule has 6 heteroatoms. The summed E-state index contributed by atoms with van der Waals surface area (Å²) in [4.78, 5) is 27.4. The lowest BCUT2D eigenvalue weighted by atomic mass is 10.0. The summed E-state index contributed by atoms with van der Waals surface area (Å²) in [5, 5.41) is 8.77. The van der Waals surface area contributed by atoms with Crippen molar-refractivity contribution in [1.82, 2.24) is 0 Å². The minimum Gasteiger partial charge on any atom is -0.289 e. The van der Waals surface area contributed by atoms with Gasteiger partial charge in [-0.3, -0.25) is 14.7 Å². The van der Waals surface area contributed by atoms with Crippen molar-refractivity contribution in [2.24, 2.45) is 0 Å². The number of rotatable bonds is 1. The highest BCUT2D eigenvalue weighted by molar-refractivity contribution is 8.16. The summed E-state index contributed by atoms with van der Waals surface area (Å²) >= 11 is 0. The number of nitriles is 1. The molecule has 4 nitrogen and oxygen atoms in total. The third kappa shape index (κ3) is 3.10. The lowest BCUT2D eigenvalue weighted by Gasteiger charge is -2.00. The van der Waals surface area contributed by atoms with Gasteiger partial charge < -0.3 is 0 Å². The van der Waals surface area contributed by atoms with E-state index < -0.39 is 6.72 Å². The maximum atomic E-state index is 8.93. The van der Waals surface area contributed by atoms with Gasteiger partial charge in [-0.05, 0) is 25.5 Å². The highest BCUT2D eigenvalue weighted by Crippen LogP contribution is 2.34. The topological polar surface area (TPSA) is 84.5 Å². The van der Waals surface area contributed by atoms with Crippen LogP contribution in [0.3, 0.4) is 0 Å². The molecule has 0 heterocycles. The summed E-state index contributed by atoms with van der Waals surface area (Å²) in [5.74, 6) is 0. The van der Waals surface area contributed by atoms with Crippen molar-refractivity contribution in [2.75, 3.05) is 0 Å². The smallest absolute Gasteiger partial charge is 0.289 e. The van der Waals surface area contributed by atoms with Crippen LogP contribution in [0.5, 0.6) is 0 Å². The van der Waals surface area contributed by atoms with Crippen LogP contribution in [0, 0.1) is 25.2 Å². The van der Waals surface area contributed by atoms with E-state index in [2.05, 4.69) is 0 Å². The third-order valence-electron chi connectivity index (χ3n) is 2.08. The van der Waals surface area contributed by atoms with E-state index in [1.165, 1.54) is 0 Å². The van der Waals surface area contributed by atoms with Crippen molar-refractivity contribution >= 4 is 17.7 Å². The van der Waals surface area contributed by atoms with E-state index in [0.29, 0.717) is 21.4 Å². The molecule has 0 atom stereocenters. The normalized spacial score (nSPS) is 10.9. The molecule has 0 aliphatic heterocycles. The quantitative estimate of drug-likeness (QED) is 0.513. The SMILES string of the molecule is Cc1c(C#N)ccc([S+]=P(O)(O)O)c1C. The number of nitrogens with zero attached hydrogens (tertiary/aromatic N) is 1. The summed E-state index contributed by atoms with van der Waals surface area (Å²) < 4.78 is 0. The zero-order valence-electron chi connectivity index (χ0n) is 8.30. The molecular formula is C9H11NO3PS+. The van der Waals surface area contributed by atoms with Crippen LogP contribution >= 0.6 is 6.72 Å². The Kier molecular flexibility index (Phi) is 3.61. The number of hydrogen-bond acceptors (Lipinski definition) is 1. The molecule has 3 N–H and O–H groups in total. The molecule has 0 saturated heterocycles. The Hall–Kier alpha value is -0.760. The van der Waals surface area contributed by atoms with E-state index in [1.54, 1.807) is 26.0 Å². The highest BCUT2D eigenvalue weighted by Gasteiger charge is 2.23. The van der Waals surface area contributed by atoms with Gasteiger partial charge in [-0.15, -0.1) is 0 Å². The molecule has 0 aromatic heterocycles. The Morgan fingerprint density at radius 3 is 2.27 bits per heavy atom. The van der Waals surface area contributed by atoms with Crippen LogP contribution in [0.4, 0.5) is 0 Å². The molecule has 80 valence electrons. The summed E-state index contributed by atoms with van der Waals surface area (Å²) in [6.07, 6.45) is 0. The molecule has 0 saturated carbocycles. The first kappa shape index (κ1) is 12.3. The minimum atomic E-state index is -3.87. The Morgan fingerprint density at radius 2 is 1.80 bits per heavy atom. The van der Waals surface area contributed by atoms with Gasteiger partial charge >= 0.3 is 6.72 Å². The van der Waals surface area contributed by atoms with Crippen LogP contribution < -0.4 is 0 Å². The zero-order valence-corrected chi connectivity index (χ0v) is 10.0. The Morgan fingerprint density at radius 1 is 1.20 bits per heavy atom. The molecule has 0 radical (unpaired) electrons. The van der Waals surface area contributed by atoms with E-state index in [4.69, 9.17) is 19.9 Å². The first-order valence-electron chi connectivity index (χ1n) is 4.12. The summed E-state index contributed by atoms with van der Waals surface area (Å²) in [6, 6.07) is 5.24. The van der Waals surface area contributed by atoms with Crippen LogP contribution in [0.1, 0.15) is 16.7 Å². The van der Waals surface area contributed by atoms with Gasteiger partial charge in [0.1, 0.15) is 0 Å². The molecule has 1 aromatic carbocycles. The molecule has 1 rings (SSSR count). The van der Waals surface area contributed by atoms with Crippen molar-refractivity contribution in [2.45, 2.75) is 18.7 Å². The Balaban J connectivity index is 3.39. The second-order valence-electron chi connectivity index (χ2n) is 3.08. The first-order chi connectivity index (χ1) is 6.85. The van der Waals surface area contributed by atoms with Crippen molar-refractivity contribution < 1.29 is 14.7 Å². The lowest BCUT2D eigenvalue weighted by Crippen LogP contribution is -1.92. The van der Waals surface area contributed by atoms with E-state index >= 15 is 0 Å². The van der Waals surface area contributed by atoms with Crippen LogP contribution in [-0.2, 0) is 10.9 Å². The Labute approximate surface area is 91.6 Å². The molecule has 1 aromatic rings. The Bertz CT molecular complexity index is 479. The van der Waals surface area contributed by atoms with E-state index in [1.807, 2.05) is 6.07 Å². The molecule has 0 fully saturated rings. The van der Waals surface area contributed by atoms with Crippen LogP contribution in [0.15, 0.2) is 17.0 Å². The standard InChI is InChI=1S/C9H11NO3PS/c1-6-7(2)9(15-14(11,12)13)4-3-8(6)5-10/h3-4,11-13H,1-2H3/q+1. The van der Waals surface area contributed by atoms with E-state index in [0.717, 1.165) is 11.1 Å². The predicted octanol–water partition coefficient (Wildman–Crippen LogP) is 1.27. The molecule has 0 bridgehead atoms. The van der Waals surface area contributed by atoms with Gasteiger partial charge in [0.15, 0.2) is 0 Å². The highest BCUT2D eigenvalue weighted by atomic mass is 32.5. The number of benzene rings is 1. The first-order valence-corrected chi connectivity index (χ1v) is 7.19. The van der Waals surface area contributed by atoms with E-state index in [-0.39, 0.29) is 0 Å². The maximum Gasteiger partial charge on any atom is 0.521 e. The van der Waals surface area contributed by atoms with Gasteiger partial charge in [-0.25, -0.2) is 0 Å². The molecule has 15 heavy (non-hydrogen) atoms. The molecular weight excluding hydrogens is 233 g/mol. The maximum absolute atomic E-state index is 8.93. The van der Waals surface area contributed by atoms with Gasteiger partial charge in [0.05, 0.1) is 11.6 Å². The second-order valence-corrected chi connectivity index (χ2v) is 6.74. The zero-order chi connectivity index (χ0) is 11.6. The van der Waals surface area contributed by atoms with Crippen molar-refractivity contribution in [3.63, 3.8) is 0 Å². The fourth-order valence-corrected chi connectivity index (χ4v) is 3.22. The van der Waals surface area contributed by atoms with E-state index in [9.17, 15) is 0 Å². The van der Waals surface area contributed by atoms with Gasteiger partial charge in [-0.1, -0.05) is 0 Å². The van der Waals surface area contributed by atoms with Crippen LogP contribution in [-0.4, -0.2) is 14.7 Å². The fraction of sp³-hybridized carbons (Fsp3) is 0.222. The molecule has 0 aliphatic carbocycles. The minimum absolute atomic E-state index is 0.551. The van der Waals surface area contributed by atoms with Crippen LogP contribution in [0.25, 0.3) is 0 Å². The van der Waals surface area contributed by atoms with Crippen molar-refractivity contribution in [3.05, 3.63) is 28.8 Å². The fourth-order valence-electron chi connectivity index (χ4n) is 1.15. The summed E-state index contributed by atoms with van der Waals surface area (Å²) in [6.45, 7) is -0.320. The lowest BCUT2D eigenvalue weighted by molar-refractivity contribution is 0.363. The van der Waals surface area contributed by atoms with Gasteiger partial charge in [-0.2, -0.15) is 5.26 Å². The van der Waals surface area contributed by atoms with Crippen LogP contribution in [0.2, 0.25) is 0 Å². The number of hydrogen-bond donors (Lipinski definition) is 3. The molecule has 0 spiro atoms. The molecule has 0 aliphatic rings. The summed E-state index contributed by atoms with van der Waals surface area (Å²) in [5.41, 5.74) is 2.12. The largest absolute Gasteiger partial charge is 0.521 e. The van der Waals surface area contributed by atoms with Gasteiger partial charge in [0.25, 0.3) is 10.9 Å². The third-order valence-corrected chi connectivity index (χ3v) is 4.29. The van der Waals surface area contributed by atoms with Crippen molar-refractivity contribution in [3.8, 4) is 6.07 Å². The molecule has 0 amide bonds. The predicted molar refractivity (Wildman–Crippen MR) is 59.8 cm³/mol. The van der Waals surface area contributed by atoms with Gasteiger partial charge in [0.2, 0.25) is 4.90 Å². The molecule has 0 unspecified atom stereocenters. The summed E-state index contributed by atoms with van der Waals surface area (Å²) in [7, 11) is 0.629. The second kappa shape index (κ2) is 4.40. The van der Waals surface area contributed by atoms with Gasteiger partial charge in [0, 0.05) is 11.6 Å². The van der Waals surface area contributed by atoms with Crippen molar-refractivity contribution in [1.29, 1.82) is 5.26 Å².